The Kier molecular flexibility index (Phi) is 4.99. The number of hydrazone groups is 1. The second-order valence-corrected chi connectivity index (χ2v) is 4.99. The third-order valence-corrected chi connectivity index (χ3v) is 3.10. The average molecular weight is 270 g/mol. The Bertz CT molecular complexity index is 591. The van der Waals surface area contributed by atoms with Crippen molar-refractivity contribution in [2.24, 2.45) is 5.10 Å². The van der Waals surface area contributed by atoms with Gasteiger partial charge < -0.3 is 9.75 Å². The molecule has 0 aliphatic carbocycles. The maximum absolute atomic E-state index is 5.91. The van der Waals surface area contributed by atoms with Gasteiger partial charge in [0, 0.05) is 19.7 Å². The molecule has 0 heterocycles. The zero-order valence-corrected chi connectivity index (χ0v) is 12.5. The molecular formula is C17H22N2O. The smallest absolute Gasteiger partial charge is 0.128 e. The van der Waals surface area contributed by atoms with E-state index in [1.807, 2.05) is 38.5 Å². The van der Waals surface area contributed by atoms with Crippen molar-refractivity contribution in [1.29, 1.82) is 0 Å². The standard InChI is InChI=1S/C17H22N2O/c1-4-5-12-20-17-11-10-14-8-6-7-9-15(14)16(17)13-18-19(2)3/h6-11,13H,4-5,12H2,1-3H3/b18-13+. The Hall–Kier alpha value is -2.03. The summed E-state index contributed by atoms with van der Waals surface area (Å²) in [5.41, 5.74) is 1.05. The van der Waals surface area contributed by atoms with Gasteiger partial charge >= 0.3 is 0 Å². The molecule has 0 aromatic heterocycles. The highest BCUT2D eigenvalue weighted by atomic mass is 16.5. The second kappa shape index (κ2) is 6.94. The van der Waals surface area contributed by atoms with Crippen LogP contribution in [0.4, 0.5) is 0 Å². The lowest BCUT2D eigenvalue weighted by Crippen LogP contribution is -2.04. The molecular weight excluding hydrogens is 248 g/mol. The fourth-order valence-corrected chi connectivity index (χ4v) is 2.03. The summed E-state index contributed by atoms with van der Waals surface area (Å²) in [5, 5.41) is 8.53. The number of hydrogen-bond donors (Lipinski definition) is 0. The highest BCUT2D eigenvalue weighted by molar-refractivity contribution is 6.02. The van der Waals surface area contributed by atoms with Crippen molar-refractivity contribution in [3.63, 3.8) is 0 Å². The molecule has 3 heteroatoms. The van der Waals surface area contributed by atoms with Crippen LogP contribution in [0.15, 0.2) is 41.5 Å². The van der Waals surface area contributed by atoms with Crippen LogP contribution in [0.1, 0.15) is 25.3 Å². The van der Waals surface area contributed by atoms with Crippen molar-refractivity contribution < 1.29 is 4.74 Å². The minimum atomic E-state index is 0.748. The van der Waals surface area contributed by atoms with Crippen LogP contribution in [0, 0.1) is 0 Å². The van der Waals surface area contributed by atoms with Crippen molar-refractivity contribution >= 4 is 17.0 Å². The van der Waals surface area contributed by atoms with Crippen LogP contribution in [0.3, 0.4) is 0 Å². The van der Waals surface area contributed by atoms with Gasteiger partial charge in [0.1, 0.15) is 5.75 Å². The molecule has 106 valence electrons. The molecule has 20 heavy (non-hydrogen) atoms. The predicted octanol–water partition coefficient (Wildman–Crippen LogP) is 3.91. The maximum Gasteiger partial charge on any atom is 0.128 e. The average Bonchev–Trinajstić information content (AvgIpc) is 2.45. The van der Waals surface area contributed by atoms with E-state index in [9.17, 15) is 0 Å². The highest BCUT2D eigenvalue weighted by Crippen LogP contribution is 2.27. The molecule has 0 aliphatic heterocycles. The van der Waals surface area contributed by atoms with Crippen molar-refractivity contribution in [1.82, 2.24) is 5.01 Å². The number of ether oxygens (including phenoxy) is 1. The SMILES string of the molecule is CCCCOc1ccc2ccccc2c1/C=N/N(C)C. The van der Waals surface area contributed by atoms with E-state index < -0.39 is 0 Å². The Morgan fingerprint density at radius 1 is 1.15 bits per heavy atom. The number of rotatable bonds is 6. The van der Waals surface area contributed by atoms with Gasteiger partial charge in [0.15, 0.2) is 0 Å². The first-order valence-electron chi connectivity index (χ1n) is 7.08. The van der Waals surface area contributed by atoms with Gasteiger partial charge in [-0.1, -0.05) is 43.7 Å². The minimum absolute atomic E-state index is 0.748. The maximum atomic E-state index is 5.91. The molecule has 0 spiro atoms. The fraction of sp³-hybridized carbons (Fsp3) is 0.353. The summed E-state index contributed by atoms with van der Waals surface area (Å²) in [6.45, 7) is 2.91. The van der Waals surface area contributed by atoms with Gasteiger partial charge in [-0.2, -0.15) is 5.10 Å². The van der Waals surface area contributed by atoms with Crippen LogP contribution in [-0.2, 0) is 0 Å². The number of fused-ring (bicyclic) bond motifs is 1. The Balaban J connectivity index is 2.41. The quantitative estimate of drug-likeness (QED) is 0.451. The van der Waals surface area contributed by atoms with Crippen LogP contribution in [0.2, 0.25) is 0 Å². The van der Waals surface area contributed by atoms with E-state index in [-0.39, 0.29) is 0 Å². The molecule has 0 N–H and O–H groups in total. The molecule has 0 saturated heterocycles. The van der Waals surface area contributed by atoms with Crippen LogP contribution in [0.25, 0.3) is 10.8 Å². The first-order chi connectivity index (χ1) is 9.72. The zero-order valence-electron chi connectivity index (χ0n) is 12.5. The van der Waals surface area contributed by atoms with Crippen molar-refractivity contribution in [2.45, 2.75) is 19.8 Å². The summed E-state index contributed by atoms with van der Waals surface area (Å²) in [4.78, 5) is 0. The molecule has 2 aromatic rings. The summed E-state index contributed by atoms with van der Waals surface area (Å²) < 4.78 is 5.91. The molecule has 0 radical (unpaired) electrons. The summed E-state index contributed by atoms with van der Waals surface area (Å²) in [5.74, 6) is 0.905. The van der Waals surface area contributed by atoms with Gasteiger partial charge in [0.2, 0.25) is 0 Å². The summed E-state index contributed by atoms with van der Waals surface area (Å²) >= 11 is 0. The van der Waals surface area contributed by atoms with E-state index in [1.54, 1.807) is 5.01 Å². The first kappa shape index (κ1) is 14.4. The normalized spacial score (nSPS) is 11.2. The molecule has 0 unspecified atom stereocenters. The molecule has 0 bridgehead atoms. The predicted molar refractivity (Wildman–Crippen MR) is 85.6 cm³/mol. The Labute approximate surface area is 120 Å². The van der Waals surface area contributed by atoms with E-state index in [1.165, 1.54) is 10.8 Å². The van der Waals surface area contributed by atoms with Gasteiger partial charge in [-0.05, 0) is 23.3 Å². The van der Waals surface area contributed by atoms with Crippen LogP contribution >= 0.6 is 0 Å². The highest BCUT2D eigenvalue weighted by Gasteiger charge is 2.07. The monoisotopic (exact) mass is 270 g/mol. The Morgan fingerprint density at radius 2 is 1.95 bits per heavy atom. The third-order valence-electron chi connectivity index (χ3n) is 3.10. The molecule has 0 amide bonds. The van der Waals surface area contributed by atoms with E-state index >= 15 is 0 Å². The lowest BCUT2D eigenvalue weighted by molar-refractivity contribution is 0.309. The van der Waals surface area contributed by atoms with Gasteiger partial charge in [-0.15, -0.1) is 0 Å². The van der Waals surface area contributed by atoms with E-state index in [0.717, 1.165) is 30.8 Å². The van der Waals surface area contributed by atoms with Crippen molar-refractivity contribution in [3.8, 4) is 5.75 Å². The van der Waals surface area contributed by atoms with Crippen molar-refractivity contribution in [3.05, 3.63) is 42.0 Å². The largest absolute Gasteiger partial charge is 0.493 e. The van der Waals surface area contributed by atoms with E-state index in [4.69, 9.17) is 4.74 Å². The topological polar surface area (TPSA) is 24.8 Å². The van der Waals surface area contributed by atoms with E-state index in [2.05, 4.69) is 30.2 Å². The first-order valence-corrected chi connectivity index (χ1v) is 7.08. The molecule has 2 rings (SSSR count). The lowest BCUT2D eigenvalue weighted by atomic mass is 10.0. The molecule has 2 aromatic carbocycles. The molecule has 0 fully saturated rings. The van der Waals surface area contributed by atoms with E-state index in [0.29, 0.717) is 0 Å². The van der Waals surface area contributed by atoms with Gasteiger partial charge in [-0.25, -0.2) is 0 Å². The second-order valence-electron chi connectivity index (χ2n) is 4.99. The molecule has 0 atom stereocenters. The molecule has 0 aliphatic rings. The number of unbranched alkanes of at least 4 members (excludes halogenated alkanes) is 1. The lowest BCUT2D eigenvalue weighted by Gasteiger charge is -2.12. The van der Waals surface area contributed by atoms with Crippen molar-refractivity contribution in [2.75, 3.05) is 20.7 Å². The van der Waals surface area contributed by atoms with Crippen LogP contribution < -0.4 is 4.74 Å². The fourth-order valence-electron chi connectivity index (χ4n) is 2.03. The van der Waals surface area contributed by atoms with Crippen LogP contribution in [-0.4, -0.2) is 31.9 Å². The number of nitrogens with zero attached hydrogens (tertiary/aromatic N) is 2. The number of benzene rings is 2. The molecule has 0 saturated carbocycles. The number of hydrogen-bond acceptors (Lipinski definition) is 3. The third kappa shape index (κ3) is 3.50. The zero-order chi connectivity index (χ0) is 14.4. The van der Waals surface area contributed by atoms with Gasteiger partial charge in [0.05, 0.1) is 12.8 Å². The summed E-state index contributed by atoms with van der Waals surface area (Å²) in [7, 11) is 3.83. The molecule has 3 nitrogen and oxygen atoms in total. The summed E-state index contributed by atoms with van der Waals surface area (Å²) in [6.07, 6.45) is 4.08. The van der Waals surface area contributed by atoms with Gasteiger partial charge in [-0.3, -0.25) is 0 Å². The minimum Gasteiger partial charge on any atom is -0.493 e. The summed E-state index contributed by atoms with van der Waals surface area (Å²) in [6, 6.07) is 12.5. The van der Waals surface area contributed by atoms with Gasteiger partial charge in [0.25, 0.3) is 0 Å². The van der Waals surface area contributed by atoms with Crippen LogP contribution in [0.5, 0.6) is 5.75 Å². The Morgan fingerprint density at radius 3 is 2.70 bits per heavy atom.